The van der Waals surface area contributed by atoms with Crippen molar-refractivity contribution < 1.29 is 22.7 Å². The quantitative estimate of drug-likeness (QED) is 0.645. The lowest BCUT2D eigenvalue weighted by Crippen LogP contribution is -2.50. The molecule has 0 spiro atoms. The average Bonchev–Trinajstić information content (AvgIpc) is 2.75. The summed E-state index contributed by atoms with van der Waals surface area (Å²) in [7, 11) is -0.632. The summed E-state index contributed by atoms with van der Waals surface area (Å²) in [6.45, 7) is 1.55. The predicted octanol–water partition coefficient (Wildman–Crippen LogP) is 2.96. The Hall–Kier alpha value is -2.04. The molecule has 2 aromatic carbocycles. The van der Waals surface area contributed by atoms with Gasteiger partial charge in [0.2, 0.25) is 15.9 Å². The van der Waals surface area contributed by atoms with Crippen LogP contribution in [0.15, 0.2) is 41.3 Å². The first-order chi connectivity index (χ1) is 14.7. The van der Waals surface area contributed by atoms with Crippen LogP contribution in [0.2, 0.25) is 10.0 Å². The van der Waals surface area contributed by atoms with E-state index in [0.717, 1.165) is 0 Å². The maximum Gasteiger partial charge on any atom is 0.243 e. The minimum absolute atomic E-state index is 0.114. The van der Waals surface area contributed by atoms with Crippen molar-refractivity contribution in [1.82, 2.24) is 9.21 Å². The molecule has 1 aliphatic rings. The second kappa shape index (κ2) is 10.1. The van der Waals surface area contributed by atoms with Crippen LogP contribution in [0, 0.1) is 0 Å². The largest absolute Gasteiger partial charge is 0.495 e. The van der Waals surface area contributed by atoms with Gasteiger partial charge in [-0.15, -0.1) is 0 Å². The molecule has 11 heteroatoms. The van der Waals surface area contributed by atoms with Gasteiger partial charge in [-0.05, 0) is 24.3 Å². The van der Waals surface area contributed by atoms with Crippen molar-refractivity contribution in [3.63, 3.8) is 0 Å². The van der Waals surface area contributed by atoms with Gasteiger partial charge >= 0.3 is 0 Å². The van der Waals surface area contributed by atoms with E-state index in [1.54, 1.807) is 24.3 Å². The van der Waals surface area contributed by atoms with E-state index in [2.05, 4.69) is 5.32 Å². The summed E-state index contributed by atoms with van der Waals surface area (Å²) in [5.41, 5.74) is 0.442. The highest BCUT2D eigenvalue weighted by Crippen LogP contribution is 2.35. The molecule has 1 amide bonds. The molecule has 0 unspecified atom stereocenters. The van der Waals surface area contributed by atoms with E-state index in [1.807, 2.05) is 4.90 Å². The summed E-state index contributed by atoms with van der Waals surface area (Å²) in [6.07, 6.45) is 0. The number of anilines is 1. The van der Waals surface area contributed by atoms with Crippen LogP contribution < -0.4 is 14.8 Å². The van der Waals surface area contributed by atoms with Crippen LogP contribution in [0.3, 0.4) is 0 Å². The summed E-state index contributed by atoms with van der Waals surface area (Å²) in [5.74, 6) is 0.577. The fourth-order valence-electron chi connectivity index (χ4n) is 3.23. The molecule has 168 valence electrons. The maximum atomic E-state index is 12.8. The number of piperazine rings is 1. The van der Waals surface area contributed by atoms with Gasteiger partial charge in [0.05, 0.1) is 36.4 Å². The monoisotopic (exact) mass is 487 g/mol. The molecule has 1 aliphatic heterocycles. The summed E-state index contributed by atoms with van der Waals surface area (Å²) >= 11 is 11.9. The first-order valence-corrected chi connectivity index (χ1v) is 11.6. The number of methoxy groups -OCH3 is 2. The number of sulfonamides is 1. The van der Waals surface area contributed by atoms with Gasteiger partial charge in [0.1, 0.15) is 11.5 Å². The number of hydrogen-bond donors (Lipinski definition) is 1. The molecule has 0 aromatic heterocycles. The molecule has 1 fully saturated rings. The molecule has 0 radical (unpaired) electrons. The molecule has 1 N–H and O–H groups in total. The van der Waals surface area contributed by atoms with E-state index in [-0.39, 0.29) is 30.4 Å². The molecule has 1 saturated heterocycles. The number of amides is 1. The van der Waals surface area contributed by atoms with Gasteiger partial charge in [0.15, 0.2) is 0 Å². The third kappa shape index (κ3) is 5.61. The van der Waals surface area contributed by atoms with E-state index >= 15 is 0 Å². The number of benzene rings is 2. The van der Waals surface area contributed by atoms with Gasteiger partial charge in [0.25, 0.3) is 0 Å². The maximum absolute atomic E-state index is 12.8. The van der Waals surface area contributed by atoms with Gasteiger partial charge in [-0.25, -0.2) is 8.42 Å². The third-order valence-electron chi connectivity index (χ3n) is 4.90. The summed E-state index contributed by atoms with van der Waals surface area (Å²) in [6, 6.07) is 9.24. The van der Waals surface area contributed by atoms with E-state index in [1.165, 1.54) is 30.7 Å². The molecule has 0 saturated carbocycles. The number of rotatable bonds is 7. The van der Waals surface area contributed by atoms with Crippen molar-refractivity contribution in [2.24, 2.45) is 0 Å². The summed E-state index contributed by atoms with van der Waals surface area (Å²) in [5, 5.41) is 3.64. The topological polar surface area (TPSA) is 88.2 Å². The number of halogens is 2. The molecule has 3 rings (SSSR count). The zero-order valence-electron chi connectivity index (χ0n) is 17.1. The van der Waals surface area contributed by atoms with Crippen molar-refractivity contribution in [2.45, 2.75) is 4.90 Å². The molecule has 0 aliphatic carbocycles. The first kappa shape index (κ1) is 23.6. The molecular weight excluding hydrogens is 465 g/mol. The van der Waals surface area contributed by atoms with Crippen LogP contribution in [-0.2, 0) is 14.8 Å². The standard InChI is InChI=1S/C20H23Cl2N3O5S/c1-29-18-12-17(19(30-2)11-16(18)22)23-20(26)13-24-7-9-25(10-8-24)31(27,28)15-5-3-14(21)4-6-15/h3-6,11-12H,7-10,13H2,1-2H3,(H,23,26). The van der Waals surface area contributed by atoms with Crippen LogP contribution >= 0.6 is 23.2 Å². The predicted molar refractivity (Wildman–Crippen MR) is 120 cm³/mol. The highest BCUT2D eigenvalue weighted by atomic mass is 35.5. The van der Waals surface area contributed by atoms with Crippen molar-refractivity contribution in [2.75, 3.05) is 52.3 Å². The van der Waals surface area contributed by atoms with Gasteiger partial charge in [-0.2, -0.15) is 4.31 Å². The minimum atomic E-state index is -3.60. The Balaban J connectivity index is 1.59. The SMILES string of the molecule is COc1cc(NC(=O)CN2CCN(S(=O)(=O)c3ccc(Cl)cc3)CC2)c(OC)cc1Cl. The average molecular weight is 488 g/mol. The van der Waals surface area contributed by atoms with E-state index in [9.17, 15) is 13.2 Å². The lowest BCUT2D eigenvalue weighted by molar-refractivity contribution is -0.117. The highest BCUT2D eigenvalue weighted by Gasteiger charge is 2.29. The fraction of sp³-hybridized carbons (Fsp3) is 0.350. The van der Waals surface area contributed by atoms with E-state index < -0.39 is 10.0 Å². The van der Waals surface area contributed by atoms with E-state index in [0.29, 0.717) is 40.3 Å². The van der Waals surface area contributed by atoms with Crippen LogP contribution in [0.5, 0.6) is 11.5 Å². The Bertz CT molecular complexity index is 1040. The lowest BCUT2D eigenvalue weighted by atomic mass is 10.2. The zero-order chi connectivity index (χ0) is 22.6. The molecule has 1 heterocycles. The Morgan fingerprint density at radius 1 is 1.00 bits per heavy atom. The molecule has 0 bridgehead atoms. The van der Waals surface area contributed by atoms with Crippen LogP contribution in [0.1, 0.15) is 0 Å². The molecular formula is C20H23Cl2N3O5S. The number of nitrogens with one attached hydrogen (secondary N) is 1. The summed E-state index contributed by atoms with van der Waals surface area (Å²) < 4.78 is 37.4. The van der Waals surface area contributed by atoms with Crippen molar-refractivity contribution >= 4 is 44.8 Å². The van der Waals surface area contributed by atoms with Gasteiger partial charge in [-0.3, -0.25) is 9.69 Å². The fourth-order valence-corrected chi connectivity index (χ4v) is 5.01. The van der Waals surface area contributed by atoms with Gasteiger partial charge in [-0.1, -0.05) is 23.2 Å². The summed E-state index contributed by atoms with van der Waals surface area (Å²) in [4.78, 5) is 14.6. The number of hydrogen-bond acceptors (Lipinski definition) is 6. The normalized spacial score (nSPS) is 15.5. The number of carbonyl (C=O) groups excluding carboxylic acids is 1. The minimum Gasteiger partial charge on any atom is -0.495 e. The Labute approximate surface area is 191 Å². The Morgan fingerprint density at radius 3 is 2.19 bits per heavy atom. The van der Waals surface area contributed by atoms with Crippen molar-refractivity contribution in [3.05, 3.63) is 46.4 Å². The lowest BCUT2D eigenvalue weighted by Gasteiger charge is -2.33. The van der Waals surface area contributed by atoms with Gasteiger partial charge < -0.3 is 14.8 Å². The molecule has 2 aromatic rings. The zero-order valence-corrected chi connectivity index (χ0v) is 19.4. The number of carbonyl (C=O) groups is 1. The van der Waals surface area contributed by atoms with Crippen molar-refractivity contribution in [1.29, 1.82) is 0 Å². The second-order valence-electron chi connectivity index (χ2n) is 6.87. The van der Waals surface area contributed by atoms with Crippen LogP contribution in [0.4, 0.5) is 5.69 Å². The van der Waals surface area contributed by atoms with Crippen molar-refractivity contribution in [3.8, 4) is 11.5 Å². The number of ether oxygens (including phenoxy) is 2. The van der Waals surface area contributed by atoms with Crippen LogP contribution in [-0.4, -0.2) is 70.5 Å². The second-order valence-corrected chi connectivity index (χ2v) is 9.65. The molecule has 0 atom stereocenters. The van der Waals surface area contributed by atoms with Crippen LogP contribution in [0.25, 0.3) is 0 Å². The smallest absolute Gasteiger partial charge is 0.243 e. The number of nitrogens with zero attached hydrogens (tertiary/aromatic N) is 2. The van der Waals surface area contributed by atoms with E-state index in [4.69, 9.17) is 32.7 Å². The Morgan fingerprint density at radius 2 is 1.61 bits per heavy atom. The molecule has 8 nitrogen and oxygen atoms in total. The first-order valence-electron chi connectivity index (χ1n) is 9.44. The Kier molecular flexibility index (Phi) is 7.66. The molecule has 31 heavy (non-hydrogen) atoms. The van der Waals surface area contributed by atoms with Gasteiger partial charge in [0, 0.05) is 43.3 Å². The highest BCUT2D eigenvalue weighted by molar-refractivity contribution is 7.89. The third-order valence-corrected chi connectivity index (χ3v) is 7.36.